The number of hydrogen-bond donors (Lipinski definition) is 1. The molecular formula is C26H21ClN4. The number of benzene rings is 3. The molecule has 0 aliphatic rings. The second-order valence-corrected chi connectivity index (χ2v) is 7.96. The molecule has 0 amide bonds. The zero-order chi connectivity index (χ0) is 21.2. The minimum Gasteiger partial charge on any atom is -0.365 e. The second kappa shape index (κ2) is 8.25. The van der Waals surface area contributed by atoms with Crippen LogP contribution in [0.15, 0.2) is 91.4 Å². The Morgan fingerprint density at radius 2 is 1.71 bits per heavy atom. The van der Waals surface area contributed by atoms with E-state index in [9.17, 15) is 0 Å². The van der Waals surface area contributed by atoms with Crippen molar-refractivity contribution in [2.24, 2.45) is 0 Å². The van der Waals surface area contributed by atoms with Crippen molar-refractivity contribution in [2.45, 2.75) is 13.5 Å². The third kappa shape index (κ3) is 3.90. The quantitative estimate of drug-likeness (QED) is 0.343. The average molecular weight is 425 g/mol. The topological polar surface area (TPSA) is 42.7 Å². The van der Waals surface area contributed by atoms with Gasteiger partial charge >= 0.3 is 0 Å². The van der Waals surface area contributed by atoms with Crippen molar-refractivity contribution in [3.63, 3.8) is 0 Å². The van der Waals surface area contributed by atoms with Gasteiger partial charge in [-0.25, -0.2) is 9.97 Å². The van der Waals surface area contributed by atoms with Crippen LogP contribution >= 0.6 is 11.6 Å². The molecule has 0 unspecified atom stereocenters. The van der Waals surface area contributed by atoms with Crippen molar-refractivity contribution in [3.8, 4) is 16.8 Å². The summed E-state index contributed by atoms with van der Waals surface area (Å²) in [5.74, 6) is 0.801. The number of aromatic nitrogens is 3. The molecule has 2 aromatic heterocycles. The fourth-order valence-corrected chi connectivity index (χ4v) is 3.98. The summed E-state index contributed by atoms with van der Waals surface area (Å²) in [6.45, 7) is 2.71. The smallest absolute Gasteiger partial charge is 0.150 e. The Morgan fingerprint density at radius 1 is 0.903 bits per heavy atom. The van der Waals surface area contributed by atoms with E-state index in [1.165, 1.54) is 5.56 Å². The first-order chi connectivity index (χ1) is 15.2. The first-order valence-electron chi connectivity index (χ1n) is 10.2. The van der Waals surface area contributed by atoms with Gasteiger partial charge in [0.2, 0.25) is 0 Å². The molecule has 0 aliphatic heterocycles. The number of halogens is 1. The number of nitrogens with zero attached hydrogens (tertiary/aromatic N) is 3. The molecule has 5 heteroatoms. The summed E-state index contributed by atoms with van der Waals surface area (Å²) in [5, 5.41) is 5.21. The highest BCUT2D eigenvalue weighted by Crippen LogP contribution is 2.35. The maximum atomic E-state index is 6.15. The van der Waals surface area contributed by atoms with Crippen molar-refractivity contribution < 1.29 is 0 Å². The van der Waals surface area contributed by atoms with E-state index in [4.69, 9.17) is 11.6 Å². The predicted octanol–water partition coefficient (Wildman–Crippen LogP) is 6.66. The van der Waals surface area contributed by atoms with E-state index in [1.807, 2.05) is 42.5 Å². The number of rotatable bonds is 5. The van der Waals surface area contributed by atoms with Gasteiger partial charge in [-0.3, -0.25) is 0 Å². The van der Waals surface area contributed by atoms with Crippen LogP contribution in [0.5, 0.6) is 0 Å². The molecule has 152 valence electrons. The van der Waals surface area contributed by atoms with Crippen molar-refractivity contribution in [1.29, 1.82) is 0 Å². The molecule has 0 fully saturated rings. The highest BCUT2D eigenvalue weighted by Gasteiger charge is 2.17. The zero-order valence-corrected chi connectivity index (χ0v) is 17.8. The summed E-state index contributed by atoms with van der Waals surface area (Å²) in [6, 6.07) is 26.7. The Balaban J connectivity index is 1.65. The van der Waals surface area contributed by atoms with Gasteiger partial charge in [-0.2, -0.15) is 0 Å². The molecule has 0 radical (unpaired) electrons. The predicted molar refractivity (Wildman–Crippen MR) is 128 cm³/mol. The molecule has 1 N–H and O–H groups in total. The summed E-state index contributed by atoms with van der Waals surface area (Å²) in [4.78, 5) is 9.23. The lowest BCUT2D eigenvalue weighted by atomic mass is 10.1. The molecule has 0 bridgehead atoms. The van der Waals surface area contributed by atoms with Gasteiger partial charge in [0.25, 0.3) is 0 Å². The molecule has 31 heavy (non-hydrogen) atoms. The van der Waals surface area contributed by atoms with Gasteiger partial charge in [0.1, 0.15) is 12.1 Å². The molecule has 5 aromatic rings. The van der Waals surface area contributed by atoms with Crippen LogP contribution in [-0.2, 0) is 6.54 Å². The Bertz CT molecular complexity index is 1340. The monoisotopic (exact) mass is 424 g/mol. The Hall–Kier alpha value is -3.63. The Morgan fingerprint density at radius 3 is 2.48 bits per heavy atom. The van der Waals surface area contributed by atoms with Crippen LogP contribution in [0.4, 0.5) is 5.82 Å². The normalized spacial score (nSPS) is 11.0. The molecule has 0 atom stereocenters. The molecule has 0 aliphatic carbocycles. The summed E-state index contributed by atoms with van der Waals surface area (Å²) >= 11 is 6.15. The number of fused-ring (bicyclic) bond motifs is 1. The average Bonchev–Trinajstić information content (AvgIpc) is 3.19. The van der Waals surface area contributed by atoms with Gasteiger partial charge in [-0.05, 0) is 42.3 Å². The van der Waals surface area contributed by atoms with Crippen LogP contribution in [0.2, 0.25) is 5.02 Å². The number of hydrogen-bond acceptors (Lipinski definition) is 3. The fourth-order valence-electron chi connectivity index (χ4n) is 3.77. The summed E-state index contributed by atoms with van der Waals surface area (Å²) in [5.41, 5.74) is 6.47. The van der Waals surface area contributed by atoms with E-state index in [1.54, 1.807) is 6.33 Å². The third-order valence-electron chi connectivity index (χ3n) is 5.33. The van der Waals surface area contributed by atoms with Crippen LogP contribution in [0, 0.1) is 6.92 Å². The van der Waals surface area contributed by atoms with Crippen LogP contribution in [0.3, 0.4) is 0 Å². The zero-order valence-electron chi connectivity index (χ0n) is 17.1. The van der Waals surface area contributed by atoms with Gasteiger partial charge in [0, 0.05) is 29.0 Å². The van der Waals surface area contributed by atoms with Crippen molar-refractivity contribution >= 4 is 28.5 Å². The molecule has 0 spiro atoms. The minimum absolute atomic E-state index is 0.622. The summed E-state index contributed by atoms with van der Waals surface area (Å²) < 4.78 is 2.13. The summed E-state index contributed by atoms with van der Waals surface area (Å²) in [6.07, 6.45) is 3.76. The van der Waals surface area contributed by atoms with Crippen molar-refractivity contribution in [1.82, 2.24) is 14.5 Å². The van der Waals surface area contributed by atoms with Gasteiger partial charge in [-0.15, -0.1) is 0 Å². The van der Waals surface area contributed by atoms with Gasteiger partial charge in [0.05, 0.1) is 5.39 Å². The lowest BCUT2D eigenvalue weighted by Crippen LogP contribution is -2.03. The first-order valence-corrected chi connectivity index (χ1v) is 10.5. The Kier molecular flexibility index (Phi) is 5.14. The highest BCUT2D eigenvalue weighted by molar-refractivity contribution is 6.30. The van der Waals surface area contributed by atoms with E-state index >= 15 is 0 Å². The van der Waals surface area contributed by atoms with Crippen LogP contribution < -0.4 is 5.32 Å². The molecule has 5 rings (SSSR count). The van der Waals surface area contributed by atoms with Crippen molar-refractivity contribution in [2.75, 3.05) is 5.32 Å². The molecule has 0 saturated heterocycles. The van der Waals surface area contributed by atoms with E-state index in [0.717, 1.165) is 44.3 Å². The molecule has 0 saturated carbocycles. The molecular weight excluding hydrogens is 404 g/mol. The van der Waals surface area contributed by atoms with E-state index in [0.29, 0.717) is 6.54 Å². The second-order valence-electron chi connectivity index (χ2n) is 7.52. The SMILES string of the molecule is Cc1ccc(-n2cc(-c3ccccc3)c3c(NCc4cccc(Cl)c4)ncnc32)cc1. The summed E-state index contributed by atoms with van der Waals surface area (Å²) in [7, 11) is 0. The van der Waals surface area contributed by atoms with Crippen LogP contribution in [-0.4, -0.2) is 14.5 Å². The van der Waals surface area contributed by atoms with Crippen molar-refractivity contribution in [3.05, 3.63) is 108 Å². The maximum absolute atomic E-state index is 6.15. The third-order valence-corrected chi connectivity index (χ3v) is 5.56. The van der Waals surface area contributed by atoms with Gasteiger partial charge in [-0.1, -0.05) is 71.8 Å². The lowest BCUT2D eigenvalue weighted by molar-refractivity contribution is 1.06. The Labute approximate surface area is 186 Å². The molecule has 3 aromatic carbocycles. The van der Waals surface area contributed by atoms with Gasteiger partial charge in [0.15, 0.2) is 5.65 Å². The van der Waals surface area contributed by atoms with E-state index < -0.39 is 0 Å². The molecule has 4 nitrogen and oxygen atoms in total. The molecule has 2 heterocycles. The first kappa shape index (κ1) is 19.3. The standard InChI is InChI=1S/C26H21ClN4/c1-18-10-12-22(13-11-18)31-16-23(20-7-3-2-4-8-20)24-25(29-17-30-26(24)31)28-15-19-6-5-9-21(27)14-19/h2-14,16-17H,15H2,1H3,(H,28,29,30). The minimum atomic E-state index is 0.622. The largest absolute Gasteiger partial charge is 0.365 e. The number of aryl methyl sites for hydroxylation is 1. The van der Waals surface area contributed by atoms with Gasteiger partial charge < -0.3 is 9.88 Å². The van der Waals surface area contributed by atoms with Crippen LogP contribution in [0.1, 0.15) is 11.1 Å². The lowest BCUT2D eigenvalue weighted by Gasteiger charge is -2.09. The fraction of sp³-hybridized carbons (Fsp3) is 0.0769. The number of nitrogens with one attached hydrogen (secondary N) is 1. The number of anilines is 1. The van der Waals surface area contributed by atoms with E-state index in [-0.39, 0.29) is 0 Å². The van der Waals surface area contributed by atoms with Crippen LogP contribution in [0.25, 0.3) is 27.8 Å². The highest BCUT2D eigenvalue weighted by atomic mass is 35.5. The maximum Gasteiger partial charge on any atom is 0.150 e. The van der Waals surface area contributed by atoms with E-state index in [2.05, 4.69) is 69.4 Å².